The van der Waals surface area contributed by atoms with Crippen LogP contribution in [0, 0.1) is 6.07 Å². The first kappa shape index (κ1) is 12.5. The molecule has 1 fully saturated rings. The molecule has 0 unspecified atom stereocenters. The Morgan fingerprint density at radius 3 is 1.89 bits per heavy atom. The largest absolute Gasteiger partial charge is 0.0581 e. The maximum atomic E-state index is 3.07. The van der Waals surface area contributed by atoms with E-state index in [4.69, 9.17) is 0 Å². The Balaban J connectivity index is 1.78. The summed E-state index contributed by atoms with van der Waals surface area (Å²) < 4.78 is 0. The molecule has 1 aliphatic carbocycles. The molecule has 0 N–H and O–H groups in total. The summed E-state index contributed by atoms with van der Waals surface area (Å²) in [7, 11) is 0. The van der Waals surface area contributed by atoms with Crippen LogP contribution in [-0.4, -0.2) is 0 Å². The fraction of sp³-hybridized carbons (Fsp3) is 0.368. The lowest BCUT2D eigenvalue weighted by Crippen LogP contribution is -1.96. The molecule has 2 aromatic rings. The lowest BCUT2D eigenvalue weighted by atomic mass is 9.90. The van der Waals surface area contributed by atoms with E-state index in [1.54, 1.807) is 0 Å². The van der Waals surface area contributed by atoms with Crippen molar-refractivity contribution < 1.29 is 0 Å². The molecular formula is C19H21. The van der Waals surface area contributed by atoms with Gasteiger partial charge in [0.2, 0.25) is 0 Å². The Morgan fingerprint density at radius 2 is 1.26 bits per heavy atom. The van der Waals surface area contributed by atoms with Gasteiger partial charge in [0, 0.05) is 0 Å². The molecule has 0 amide bonds. The molecule has 0 aromatic heterocycles. The summed E-state index contributed by atoms with van der Waals surface area (Å²) in [5.41, 5.74) is 4.13. The van der Waals surface area contributed by atoms with Gasteiger partial charge in [0.15, 0.2) is 0 Å². The van der Waals surface area contributed by atoms with Gasteiger partial charge in [-0.1, -0.05) is 74.2 Å². The zero-order chi connectivity index (χ0) is 12.9. The maximum Gasteiger partial charge on any atom is -0.0162 e. The van der Waals surface area contributed by atoms with E-state index < -0.39 is 0 Å². The molecule has 0 bridgehead atoms. The van der Waals surface area contributed by atoms with Crippen LogP contribution in [0.25, 0.3) is 11.1 Å². The lowest BCUT2D eigenvalue weighted by Gasteiger charge is -2.15. The van der Waals surface area contributed by atoms with E-state index in [2.05, 4.69) is 42.5 Å². The highest BCUT2D eigenvalue weighted by Crippen LogP contribution is 2.32. The molecule has 97 valence electrons. The third kappa shape index (κ3) is 3.07. The predicted octanol–water partition coefficient (Wildman–Crippen LogP) is 5.59. The number of rotatable bonds is 2. The lowest BCUT2D eigenvalue weighted by molar-refractivity contribution is 0.592. The molecule has 0 atom stereocenters. The summed E-state index contributed by atoms with van der Waals surface area (Å²) in [6.07, 6.45) is 8.41. The predicted molar refractivity (Wildman–Crippen MR) is 81.2 cm³/mol. The van der Waals surface area contributed by atoms with Crippen LogP contribution in [0.15, 0.2) is 48.5 Å². The molecule has 0 spiro atoms. The molecule has 1 aliphatic rings. The summed E-state index contributed by atoms with van der Waals surface area (Å²) in [5.74, 6) is 0.792. The summed E-state index contributed by atoms with van der Waals surface area (Å²) in [5, 5.41) is 0. The van der Waals surface area contributed by atoms with Gasteiger partial charge in [0.1, 0.15) is 0 Å². The second-order valence-electron chi connectivity index (χ2n) is 5.60. The zero-order valence-corrected chi connectivity index (χ0v) is 11.4. The van der Waals surface area contributed by atoms with E-state index in [0.717, 1.165) is 5.92 Å². The van der Waals surface area contributed by atoms with E-state index in [-0.39, 0.29) is 0 Å². The van der Waals surface area contributed by atoms with Gasteiger partial charge >= 0.3 is 0 Å². The van der Waals surface area contributed by atoms with E-state index in [1.165, 1.54) is 55.2 Å². The molecule has 3 rings (SSSR count). The van der Waals surface area contributed by atoms with Crippen LogP contribution in [0.5, 0.6) is 0 Å². The molecular weight excluding hydrogens is 228 g/mol. The van der Waals surface area contributed by atoms with E-state index in [0.29, 0.717) is 0 Å². The number of benzene rings is 2. The van der Waals surface area contributed by atoms with E-state index in [1.807, 2.05) is 12.1 Å². The highest BCUT2D eigenvalue weighted by atomic mass is 14.2. The SMILES string of the molecule is [c]1ccc(-c2ccc(C3CCCCCC3)cc2)cc1. The topological polar surface area (TPSA) is 0 Å². The Labute approximate surface area is 116 Å². The van der Waals surface area contributed by atoms with Crippen LogP contribution in [0.1, 0.15) is 50.0 Å². The minimum Gasteiger partial charge on any atom is -0.0581 e. The fourth-order valence-electron chi connectivity index (χ4n) is 3.14. The van der Waals surface area contributed by atoms with Crippen molar-refractivity contribution in [3.05, 3.63) is 60.2 Å². The molecule has 0 heterocycles. The molecule has 2 aromatic carbocycles. The molecule has 1 radical (unpaired) electrons. The van der Waals surface area contributed by atoms with Crippen LogP contribution in [0.4, 0.5) is 0 Å². The van der Waals surface area contributed by atoms with Gasteiger partial charge in [0.25, 0.3) is 0 Å². The average Bonchev–Trinajstić information content (AvgIpc) is 2.77. The van der Waals surface area contributed by atoms with Crippen molar-refractivity contribution in [2.75, 3.05) is 0 Å². The van der Waals surface area contributed by atoms with Gasteiger partial charge in [-0.05, 0) is 41.5 Å². The van der Waals surface area contributed by atoms with Gasteiger partial charge < -0.3 is 0 Å². The average molecular weight is 249 g/mol. The second-order valence-corrected chi connectivity index (χ2v) is 5.60. The number of hydrogen-bond acceptors (Lipinski definition) is 0. The Morgan fingerprint density at radius 1 is 0.684 bits per heavy atom. The molecule has 19 heavy (non-hydrogen) atoms. The normalized spacial score (nSPS) is 17.1. The smallest absolute Gasteiger partial charge is 0.0162 e. The Hall–Kier alpha value is -1.56. The first-order valence-corrected chi connectivity index (χ1v) is 7.50. The monoisotopic (exact) mass is 249 g/mol. The zero-order valence-electron chi connectivity index (χ0n) is 11.4. The summed E-state index contributed by atoms with van der Waals surface area (Å²) >= 11 is 0. The summed E-state index contributed by atoms with van der Waals surface area (Å²) in [4.78, 5) is 0. The van der Waals surface area contributed by atoms with Crippen molar-refractivity contribution in [1.29, 1.82) is 0 Å². The molecule has 0 saturated heterocycles. The van der Waals surface area contributed by atoms with Crippen molar-refractivity contribution in [2.24, 2.45) is 0 Å². The van der Waals surface area contributed by atoms with Gasteiger partial charge in [0.05, 0.1) is 0 Å². The van der Waals surface area contributed by atoms with Gasteiger partial charge in [-0.2, -0.15) is 0 Å². The first-order chi connectivity index (χ1) is 9.43. The van der Waals surface area contributed by atoms with Crippen LogP contribution < -0.4 is 0 Å². The first-order valence-electron chi connectivity index (χ1n) is 7.50. The van der Waals surface area contributed by atoms with Crippen LogP contribution in [0.3, 0.4) is 0 Å². The van der Waals surface area contributed by atoms with Gasteiger partial charge in [-0.15, -0.1) is 0 Å². The highest BCUT2D eigenvalue weighted by molar-refractivity contribution is 5.63. The minimum absolute atomic E-state index is 0.792. The third-order valence-corrected chi connectivity index (χ3v) is 4.29. The van der Waals surface area contributed by atoms with Gasteiger partial charge in [-0.25, -0.2) is 0 Å². The van der Waals surface area contributed by atoms with Gasteiger partial charge in [-0.3, -0.25) is 0 Å². The van der Waals surface area contributed by atoms with Crippen molar-refractivity contribution in [2.45, 2.75) is 44.4 Å². The van der Waals surface area contributed by atoms with E-state index in [9.17, 15) is 0 Å². The summed E-state index contributed by atoms with van der Waals surface area (Å²) in [6.45, 7) is 0. The Bertz CT molecular complexity index is 487. The fourth-order valence-corrected chi connectivity index (χ4v) is 3.14. The molecule has 1 saturated carbocycles. The van der Waals surface area contributed by atoms with Crippen molar-refractivity contribution in [3.63, 3.8) is 0 Å². The van der Waals surface area contributed by atoms with Crippen LogP contribution in [-0.2, 0) is 0 Å². The van der Waals surface area contributed by atoms with Crippen molar-refractivity contribution in [1.82, 2.24) is 0 Å². The second kappa shape index (κ2) is 6.06. The molecule has 0 nitrogen and oxygen atoms in total. The minimum atomic E-state index is 0.792. The van der Waals surface area contributed by atoms with Crippen molar-refractivity contribution >= 4 is 0 Å². The van der Waals surface area contributed by atoms with Crippen LogP contribution in [0.2, 0.25) is 0 Å². The van der Waals surface area contributed by atoms with Crippen molar-refractivity contribution in [3.8, 4) is 11.1 Å². The quantitative estimate of drug-likeness (QED) is 0.608. The van der Waals surface area contributed by atoms with E-state index >= 15 is 0 Å². The molecule has 0 aliphatic heterocycles. The standard InChI is InChI=1S/C19H21/c1-2-5-9-16(8-4-1)18-12-14-19(15-13-18)17-10-6-3-7-11-17/h6-7,10-16H,1-2,4-5,8-9H2. The highest BCUT2D eigenvalue weighted by Gasteiger charge is 2.14. The number of hydrogen-bond donors (Lipinski definition) is 0. The molecule has 0 heteroatoms. The maximum absolute atomic E-state index is 3.07. The summed E-state index contributed by atoms with van der Waals surface area (Å²) in [6, 6.07) is 20.5. The van der Waals surface area contributed by atoms with Crippen LogP contribution >= 0.6 is 0 Å². The third-order valence-electron chi connectivity index (χ3n) is 4.29. The Kier molecular flexibility index (Phi) is 3.98.